The Balaban J connectivity index is 1.54. The van der Waals surface area contributed by atoms with Crippen LogP contribution in [0.1, 0.15) is 23.2 Å². The number of piperidine rings is 1. The van der Waals surface area contributed by atoms with Crippen LogP contribution in [0.15, 0.2) is 24.3 Å². The van der Waals surface area contributed by atoms with Gasteiger partial charge in [0.05, 0.1) is 6.54 Å². The summed E-state index contributed by atoms with van der Waals surface area (Å²) in [5.74, 6) is -0.306. The molecule has 1 atom stereocenters. The second kappa shape index (κ2) is 7.08. The molecule has 2 aliphatic heterocycles. The summed E-state index contributed by atoms with van der Waals surface area (Å²) in [7, 11) is 0. The normalized spacial score (nSPS) is 22.2. The minimum absolute atomic E-state index is 0.0558. The first-order chi connectivity index (χ1) is 11.1. The summed E-state index contributed by atoms with van der Waals surface area (Å²) in [6.45, 7) is 4.13. The number of halogens is 1. The number of hydrogen-bond acceptors (Lipinski definition) is 4. The van der Waals surface area contributed by atoms with E-state index in [0.29, 0.717) is 31.8 Å². The molecule has 0 saturated carbocycles. The molecule has 3 rings (SSSR count). The van der Waals surface area contributed by atoms with E-state index in [-0.39, 0.29) is 23.6 Å². The third-order valence-corrected chi connectivity index (χ3v) is 4.54. The first-order valence-electron chi connectivity index (χ1n) is 8.07. The number of cyclic esters (lactones) is 1. The van der Waals surface area contributed by atoms with E-state index in [2.05, 4.69) is 4.90 Å². The first kappa shape index (κ1) is 15.9. The van der Waals surface area contributed by atoms with Crippen molar-refractivity contribution < 1.29 is 18.7 Å². The van der Waals surface area contributed by atoms with E-state index >= 15 is 0 Å². The molecule has 0 spiro atoms. The van der Waals surface area contributed by atoms with E-state index in [1.807, 2.05) is 0 Å². The summed E-state index contributed by atoms with van der Waals surface area (Å²) < 4.78 is 17.9. The number of benzene rings is 1. The van der Waals surface area contributed by atoms with Crippen molar-refractivity contribution in [3.63, 3.8) is 0 Å². The van der Waals surface area contributed by atoms with Crippen LogP contribution in [0, 0.1) is 11.7 Å². The average Bonchev–Trinajstić information content (AvgIpc) is 2.98. The van der Waals surface area contributed by atoms with E-state index in [9.17, 15) is 14.0 Å². The Morgan fingerprint density at radius 3 is 2.70 bits per heavy atom. The van der Waals surface area contributed by atoms with Gasteiger partial charge in [0.2, 0.25) is 0 Å². The summed E-state index contributed by atoms with van der Waals surface area (Å²) in [5.41, 5.74) is 0.571. The maximum absolute atomic E-state index is 13.0. The Kier molecular flexibility index (Phi) is 4.91. The van der Waals surface area contributed by atoms with Gasteiger partial charge in [0.1, 0.15) is 12.4 Å². The van der Waals surface area contributed by atoms with E-state index < -0.39 is 0 Å². The molecule has 2 heterocycles. The Bertz CT molecular complexity index is 576. The number of ketones is 1. The van der Waals surface area contributed by atoms with Gasteiger partial charge in [-0.2, -0.15) is 0 Å². The summed E-state index contributed by atoms with van der Waals surface area (Å²) in [4.78, 5) is 27.9. The number of carbonyl (C=O) groups is 2. The molecule has 2 fully saturated rings. The average molecular weight is 320 g/mol. The lowest BCUT2D eigenvalue weighted by Gasteiger charge is -2.32. The van der Waals surface area contributed by atoms with Gasteiger partial charge in [-0.3, -0.25) is 4.79 Å². The third-order valence-electron chi connectivity index (χ3n) is 4.54. The molecule has 0 aromatic heterocycles. The molecule has 0 aliphatic carbocycles. The van der Waals surface area contributed by atoms with E-state index in [1.165, 1.54) is 12.1 Å². The predicted molar refractivity (Wildman–Crippen MR) is 82.8 cm³/mol. The highest BCUT2D eigenvalue weighted by molar-refractivity contribution is 5.98. The monoisotopic (exact) mass is 320 g/mol. The van der Waals surface area contributed by atoms with Crippen molar-refractivity contribution in [3.05, 3.63) is 35.6 Å². The molecular weight excluding hydrogens is 299 g/mol. The predicted octanol–water partition coefficient (Wildman–Crippen LogP) is 2.17. The molecule has 0 N–H and O–H groups in total. The van der Waals surface area contributed by atoms with Crippen molar-refractivity contribution in [1.29, 1.82) is 0 Å². The topological polar surface area (TPSA) is 49.9 Å². The number of likely N-dealkylation sites (tertiary alicyclic amines) is 1. The number of amides is 1. The zero-order valence-electron chi connectivity index (χ0n) is 13.0. The van der Waals surface area contributed by atoms with Crippen molar-refractivity contribution in [1.82, 2.24) is 9.80 Å². The van der Waals surface area contributed by atoms with Crippen molar-refractivity contribution in [2.24, 2.45) is 5.92 Å². The van der Waals surface area contributed by atoms with Gasteiger partial charge in [0.15, 0.2) is 5.78 Å². The zero-order valence-corrected chi connectivity index (χ0v) is 13.0. The van der Waals surface area contributed by atoms with Crippen LogP contribution < -0.4 is 0 Å². The van der Waals surface area contributed by atoms with Gasteiger partial charge in [-0.05, 0) is 43.7 Å². The second-order valence-electron chi connectivity index (χ2n) is 6.11. The van der Waals surface area contributed by atoms with E-state index in [1.54, 1.807) is 17.0 Å². The molecule has 5 nitrogen and oxygen atoms in total. The van der Waals surface area contributed by atoms with Crippen LogP contribution in [0.25, 0.3) is 0 Å². The van der Waals surface area contributed by atoms with E-state index in [0.717, 1.165) is 25.9 Å². The smallest absolute Gasteiger partial charge is 0.409 e. The first-order valence-corrected chi connectivity index (χ1v) is 8.07. The minimum atomic E-state index is -0.329. The van der Waals surface area contributed by atoms with Gasteiger partial charge in [-0.25, -0.2) is 9.18 Å². The second-order valence-corrected chi connectivity index (χ2v) is 6.11. The fourth-order valence-electron chi connectivity index (χ4n) is 3.21. The molecular formula is C17H21FN2O3. The summed E-state index contributed by atoms with van der Waals surface area (Å²) in [5, 5.41) is 0. The quantitative estimate of drug-likeness (QED) is 0.780. The van der Waals surface area contributed by atoms with Gasteiger partial charge in [0.25, 0.3) is 0 Å². The van der Waals surface area contributed by atoms with Crippen molar-refractivity contribution in [2.75, 3.05) is 39.3 Å². The minimum Gasteiger partial charge on any atom is -0.448 e. The Morgan fingerprint density at radius 1 is 1.22 bits per heavy atom. The molecule has 2 saturated heterocycles. The fourth-order valence-corrected chi connectivity index (χ4v) is 3.21. The van der Waals surface area contributed by atoms with Crippen LogP contribution >= 0.6 is 0 Å². The van der Waals surface area contributed by atoms with Gasteiger partial charge in [-0.15, -0.1) is 0 Å². The highest BCUT2D eigenvalue weighted by Crippen LogP contribution is 2.21. The summed E-state index contributed by atoms with van der Waals surface area (Å²) in [6, 6.07) is 5.76. The molecule has 0 bridgehead atoms. The van der Waals surface area contributed by atoms with Crippen LogP contribution in [0.2, 0.25) is 0 Å². The fraction of sp³-hybridized carbons (Fsp3) is 0.529. The molecule has 2 aliphatic rings. The molecule has 0 unspecified atom stereocenters. The zero-order chi connectivity index (χ0) is 16.2. The number of nitrogens with zero attached hydrogens (tertiary/aromatic N) is 2. The van der Waals surface area contributed by atoms with Crippen molar-refractivity contribution in [2.45, 2.75) is 12.8 Å². The molecule has 1 amide bonds. The number of rotatable bonds is 5. The summed E-state index contributed by atoms with van der Waals surface area (Å²) >= 11 is 0. The largest absolute Gasteiger partial charge is 0.448 e. The lowest BCUT2D eigenvalue weighted by atomic mass is 9.90. The Hall–Kier alpha value is -1.95. The Morgan fingerprint density at radius 2 is 2.00 bits per heavy atom. The summed E-state index contributed by atoms with van der Waals surface area (Å²) in [6.07, 6.45) is 1.57. The van der Waals surface area contributed by atoms with Crippen LogP contribution in [0.4, 0.5) is 9.18 Å². The van der Waals surface area contributed by atoms with Crippen LogP contribution in [-0.4, -0.2) is 61.0 Å². The van der Waals surface area contributed by atoms with Crippen LogP contribution in [-0.2, 0) is 4.74 Å². The number of carbonyl (C=O) groups excluding carboxylic acids is 2. The lowest BCUT2D eigenvalue weighted by Crippen LogP contribution is -2.43. The molecule has 6 heteroatoms. The van der Waals surface area contributed by atoms with Gasteiger partial charge < -0.3 is 14.5 Å². The third kappa shape index (κ3) is 3.88. The number of Topliss-reactive ketones (excluding diaryl/α,β-unsaturated/α-hetero) is 1. The van der Waals surface area contributed by atoms with Crippen molar-refractivity contribution >= 4 is 11.9 Å². The molecule has 0 radical (unpaired) electrons. The van der Waals surface area contributed by atoms with Gasteiger partial charge in [-0.1, -0.05) is 0 Å². The number of hydrogen-bond donors (Lipinski definition) is 0. The standard InChI is InChI=1S/C17H21FN2O3/c18-15-5-3-13(4-6-15)16(21)14-2-1-7-19(12-14)8-9-20-10-11-23-17(20)22/h3-6,14H,1-2,7-12H2/t14-/m0/s1. The molecule has 1 aromatic carbocycles. The highest BCUT2D eigenvalue weighted by Gasteiger charge is 2.28. The SMILES string of the molecule is O=C(c1ccc(F)cc1)[C@H]1CCCN(CCN2CCOC2=O)C1. The van der Waals surface area contributed by atoms with Gasteiger partial charge >= 0.3 is 6.09 Å². The lowest BCUT2D eigenvalue weighted by molar-refractivity contribution is 0.0809. The van der Waals surface area contributed by atoms with Crippen LogP contribution in [0.3, 0.4) is 0 Å². The van der Waals surface area contributed by atoms with E-state index in [4.69, 9.17) is 4.74 Å². The molecule has 124 valence electrons. The molecule has 23 heavy (non-hydrogen) atoms. The Labute approximate surface area is 135 Å². The highest BCUT2D eigenvalue weighted by atomic mass is 19.1. The maximum atomic E-state index is 13.0. The number of ether oxygens (including phenoxy) is 1. The maximum Gasteiger partial charge on any atom is 0.409 e. The molecule has 1 aromatic rings. The van der Waals surface area contributed by atoms with Crippen LogP contribution in [0.5, 0.6) is 0 Å². The van der Waals surface area contributed by atoms with Crippen molar-refractivity contribution in [3.8, 4) is 0 Å². The van der Waals surface area contributed by atoms with Gasteiger partial charge in [0, 0.05) is 31.1 Å².